The van der Waals surface area contributed by atoms with Crippen LogP contribution in [0.4, 0.5) is 5.13 Å². The monoisotopic (exact) mass is 388 g/mol. The van der Waals surface area contributed by atoms with E-state index in [1.807, 2.05) is 0 Å². The molecule has 0 aliphatic carbocycles. The van der Waals surface area contributed by atoms with E-state index in [4.69, 9.17) is 32.7 Å². The van der Waals surface area contributed by atoms with Gasteiger partial charge in [0, 0.05) is 10.4 Å². The fourth-order valence-electron chi connectivity index (χ4n) is 1.65. The van der Waals surface area contributed by atoms with Crippen LogP contribution in [0.5, 0.6) is 5.75 Å². The van der Waals surface area contributed by atoms with Gasteiger partial charge in [-0.15, -0.1) is 11.3 Å². The Kier molecular flexibility index (Phi) is 6.42. The van der Waals surface area contributed by atoms with Crippen LogP contribution in [0.2, 0.25) is 10.0 Å². The number of rotatable bonds is 6. The highest BCUT2D eigenvalue weighted by atomic mass is 35.5. The van der Waals surface area contributed by atoms with Crippen molar-refractivity contribution in [2.75, 3.05) is 11.9 Å². The lowest BCUT2D eigenvalue weighted by atomic mass is 10.3. The number of nitrogens with one attached hydrogen (secondary N) is 1. The second kappa shape index (κ2) is 8.32. The summed E-state index contributed by atoms with van der Waals surface area (Å²) in [5, 5.41) is 5.14. The first-order valence-corrected chi connectivity index (χ1v) is 8.59. The van der Waals surface area contributed by atoms with Crippen molar-refractivity contribution in [3.05, 3.63) is 39.3 Å². The summed E-state index contributed by atoms with van der Waals surface area (Å²) in [7, 11) is 0. The highest BCUT2D eigenvalue weighted by molar-refractivity contribution is 7.14. The number of ether oxygens (including phenoxy) is 2. The third kappa shape index (κ3) is 4.83. The van der Waals surface area contributed by atoms with Crippen LogP contribution in [0.3, 0.4) is 0 Å². The number of anilines is 1. The fraction of sp³-hybridized carbons (Fsp3) is 0.267. The molecule has 0 unspecified atom stereocenters. The Balaban J connectivity index is 1.97. The molecular formula is C15H14Cl2N2O4S. The molecule has 0 saturated heterocycles. The maximum atomic E-state index is 12.1. The summed E-state index contributed by atoms with van der Waals surface area (Å²) in [6, 6.07) is 4.71. The molecule has 1 aromatic carbocycles. The van der Waals surface area contributed by atoms with Crippen LogP contribution in [0.1, 0.15) is 24.3 Å². The van der Waals surface area contributed by atoms with E-state index in [9.17, 15) is 9.59 Å². The highest BCUT2D eigenvalue weighted by Gasteiger charge is 2.19. The van der Waals surface area contributed by atoms with Gasteiger partial charge < -0.3 is 9.47 Å². The number of nitrogens with zero attached hydrogens (tertiary/aromatic N) is 1. The van der Waals surface area contributed by atoms with Crippen LogP contribution in [-0.2, 0) is 9.53 Å². The van der Waals surface area contributed by atoms with E-state index < -0.39 is 18.0 Å². The molecule has 1 atom stereocenters. The molecule has 1 N–H and O–H groups in total. The Bertz CT molecular complexity index is 751. The number of benzene rings is 1. The van der Waals surface area contributed by atoms with Crippen molar-refractivity contribution in [1.82, 2.24) is 4.98 Å². The minimum absolute atomic E-state index is 0.145. The predicted octanol–water partition coefficient (Wildman–Crippen LogP) is 4.03. The minimum Gasteiger partial charge on any atom is -0.479 e. The van der Waals surface area contributed by atoms with Gasteiger partial charge in [-0.25, -0.2) is 9.78 Å². The minimum atomic E-state index is -0.821. The van der Waals surface area contributed by atoms with E-state index >= 15 is 0 Å². The summed E-state index contributed by atoms with van der Waals surface area (Å²) in [6.07, 6.45) is -0.821. The third-order valence-electron chi connectivity index (χ3n) is 2.79. The molecular weight excluding hydrogens is 375 g/mol. The average molecular weight is 389 g/mol. The number of hydrogen-bond donors (Lipinski definition) is 1. The zero-order valence-corrected chi connectivity index (χ0v) is 15.2. The molecule has 0 aliphatic heterocycles. The van der Waals surface area contributed by atoms with Gasteiger partial charge >= 0.3 is 5.97 Å². The molecule has 1 heterocycles. The Labute approximate surface area is 152 Å². The van der Waals surface area contributed by atoms with Crippen molar-refractivity contribution in [3.63, 3.8) is 0 Å². The van der Waals surface area contributed by atoms with Gasteiger partial charge in [0.25, 0.3) is 5.91 Å². The first-order valence-electron chi connectivity index (χ1n) is 6.96. The van der Waals surface area contributed by atoms with Crippen LogP contribution in [0.25, 0.3) is 0 Å². The summed E-state index contributed by atoms with van der Waals surface area (Å²) in [5.41, 5.74) is 0.145. The lowest BCUT2D eigenvalue weighted by Crippen LogP contribution is -2.30. The summed E-state index contributed by atoms with van der Waals surface area (Å²) in [6.45, 7) is 3.53. The molecule has 0 aliphatic rings. The summed E-state index contributed by atoms with van der Waals surface area (Å²) < 4.78 is 10.3. The van der Waals surface area contributed by atoms with Crippen molar-refractivity contribution in [3.8, 4) is 5.75 Å². The molecule has 6 nitrogen and oxygen atoms in total. The van der Waals surface area contributed by atoms with Gasteiger partial charge in [0.15, 0.2) is 16.9 Å². The summed E-state index contributed by atoms with van der Waals surface area (Å²) in [4.78, 5) is 27.7. The molecule has 0 fully saturated rings. The normalized spacial score (nSPS) is 11.7. The lowest BCUT2D eigenvalue weighted by molar-refractivity contribution is -0.122. The molecule has 0 saturated carbocycles. The van der Waals surface area contributed by atoms with Crippen molar-refractivity contribution < 1.29 is 19.1 Å². The SMILES string of the molecule is CCOC(=O)c1csc(NC(=O)[C@@H](C)Oc2ccc(Cl)cc2Cl)n1. The van der Waals surface area contributed by atoms with Gasteiger partial charge in [0.1, 0.15) is 5.75 Å². The molecule has 1 aromatic heterocycles. The standard InChI is InChI=1S/C15H14Cl2N2O4S/c1-3-22-14(21)11-7-24-15(18-11)19-13(20)8(2)23-12-5-4-9(16)6-10(12)17/h4-8H,3H2,1-2H3,(H,18,19,20)/t8-/m1/s1. The summed E-state index contributed by atoms with van der Waals surface area (Å²) >= 11 is 12.9. The molecule has 24 heavy (non-hydrogen) atoms. The Morgan fingerprint density at radius 2 is 2.12 bits per heavy atom. The topological polar surface area (TPSA) is 77.5 Å². The Morgan fingerprint density at radius 3 is 2.79 bits per heavy atom. The second-order valence-corrected chi connectivity index (χ2v) is 6.28. The Morgan fingerprint density at radius 1 is 1.38 bits per heavy atom. The van der Waals surface area contributed by atoms with E-state index in [1.54, 1.807) is 26.0 Å². The largest absolute Gasteiger partial charge is 0.479 e. The van der Waals surface area contributed by atoms with Crippen LogP contribution >= 0.6 is 34.5 Å². The van der Waals surface area contributed by atoms with Crippen LogP contribution in [0, 0.1) is 0 Å². The molecule has 0 bridgehead atoms. The quantitative estimate of drug-likeness (QED) is 0.755. The van der Waals surface area contributed by atoms with Gasteiger partial charge in [-0.1, -0.05) is 23.2 Å². The number of hydrogen-bond acceptors (Lipinski definition) is 6. The maximum Gasteiger partial charge on any atom is 0.357 e. The van der Waals surface area contributed by atoms with E-state index in [1.165, 1.54) is 11.4 Å². The number of thiazole rings is 1. The van der Waals surface area contributed by atoms with Gasteiger partial charge in [-0.2, -0.15) is 0 Å². The number of aromatic nitrogens is 1. The van der Waals surface area contributed by atoms with E-state index in [0.29, 0.717) is 15.8 Å². The number of carbonyl (C=O) groups is 2. The molecule has 1 amide bonds. The number of esters is 1. The molecule has 128 valence electrons. The molecule has 2 aromatic rings. The molecule has 0 spiro atoms. The first-order chi connectivity index (χ1) is 11.4. The van der Waals surface area contributed by atoms with Gasteiger partial charge in [0.2, 0.25) is 0 Å². The average Bonchev–Trinajstić information content (AvgIpc) is 2.98. The molecule has 9 heteroatoms. The van der Waals surface area contributed by atoms with Gasteiger partial charge in [-0.3, -0.25) is 10.1 Å². The third-order valence-corrected chi connectivity index (χ3v) is 4.07. The van der Waals surface area contributed by atoms with Crippen molar-refractivity contribution in [1.29, 1.82) is 0 Å². The van der Waals surface area contributed by atoms with Gasteiger partial charge in [0.05, 0.1) is 11.6 Å². The van der Waals surface area contributed by atoms with Crippen molar-refractivity contribution in [2.24, 2.45) is 0 Å². The van der Waals surface area contributed by atoms with E-state index in [0.717, 1.165) is 11.3 Å². The maximum absolute atomic E-state index is 12.1. The van der Waals surface area contributed by atoms with E-state index in [-0.39, 0.29) is 17.4 Å². The smallest absolute Gasteiger partial charge is 0.357 e. The molecule has 2 rings (SSSR count). The molecule has 0 radical (unpaired) electrons. The van der Waals surface area contributed by atoms with Crippen LogP contribution < -0.4 is 10.1 Å². The van der Waals surface area contributed by atoms with E-state index in [2.05, 4.69) is 10.3 Å². The highest BCUT2D eigenvalue weighted by Crippen LogP contribution is 2.28. The second-order valence-electron chi connectivity index (χ2n) is 4.58. The lowest BCUT2D eigenvalue weighted by Gasteiger charge is -2.14. The van der Waals surface area contributed by atoms with Gasteiger partial charge in [-0.05, 0) is 32.0 Å². The predicted molar refractivity (Wildman–Crippen MR) is 93.3 cm³/mol. The number of halogens is 2. The Hall–Kier alpha value is -1.83. The van der Waals surface area contributed by atoms with Crippen molar-refractivity contribution in [2.45, 2.75) is 20.0 Å². The zero-order chi connectivity index (χ0) is 17.7. The van der Waals surface area contributed by atoms with Crippen molar-refractivity contribution >= 4 is 51.5 Å². The summed E-state index contributed by atoms with van der Waals surface area (Å²) in [5.74, 6) is -0.618. The number of amides is 1. The van der Waals surface area contributed by atoms with Crippen LogP contribution in [-0.4, -0.2) is 29.6 Å². The first kappa shape index (κ1) is 18.5. The number of carbonyl (C=O) groups excluding carboxylic acids is 2. The fourth-order valence-corrected chi connectivity index (χ4v) is 2.79. The van der Waals surface area contributed by atoms with Crippen LogP contribution in [0.15, 0.2) is 23.6 Å². The zero-order valence-electron chi connectivity index (χ0n) is 12.8.